The third-order valence-corrected chi connectivity index (χ3v) is 2.85. The molecule has 4 nitrogen and oxygen atoms in total. The van der Waals surface area contributed by atoms with Gasteiger partial charge in [0.25, 0.3) is 0 Å². The molecule has 2 N–H and O–H groups in total. The highest BCUT2D eigenvalue weighted by atomic mass is 15.2. The number of likely N-dealkylation sites (N-methyl/N-ethyl adjacent to an activating group) is 1. The molecule has 1 heterocycles. The van der Waals surface area contributed by atoms with Crippen LogP contribution in [-0.4, -0.2) is 29.2 Å². The van der Waals surface area contributed by atoms with Gasteiger partial charge in [-0.1, -0.05) is 12.1 Å². The van der Waals surface area contributed by atoms with E-state index in [0.29, 0.717) is 6.04 Å². The molecule has 16 heavy (non-hydrogen) atoms. The van der Waals surface area contributed by atoms with Crippen LogP contribution < -0.4 is 10.6 Å². The molecular formula is C12H18N4. The summed E-state index contributed by atoms with van der Waals surface area (Å²) in [6.07, 6.45) is 0. The molecule has 4 heteroatoms. The van der Waals surface area contributed by atoms with Crippen molar-refractivity contribution in [2.24, 2.45) is 7.05 Å². The maximum Gasteiger partial charge on any atom is 0.203 e. The molecule has 86 valence electrons. The lowest BCUT2D eigenvalue weighted by Crippen LogP contribution is -2.29. The Balaban J connectivity index is 2.21. The van der Waals surface area contributed by atoms with E-state index < -0.39 is 0 Å². The van der Waals surface area contributed by atoms with Crippen molar-refractivity contribution in [1.82, 2.24) is 14.9 Å². The fourth-order valence-corrected chi connectivity index (χ4v) is 1.65. The van der Waals surface area contributed by atoms with Crippen molar-refractivity contribution in [2.45, 2.75) is 13.0 Å². The highest BCUT2D eigenvalue weighted by Gasteiger charge is 2.06. The van der Waals surface area contributed by atoms with E-state index in [1.807, 2.05) is 32.3 Å². The average Bonchev–Trinajstić information content (AvgIpc) is 2.64. The van der Waals surface area contributed by atoms with Crippen molar-refractivity contribution in [2.75, 3.05) is 18.9 Å². The molecule has 1 aromatic carbocycles. The van der Waals surface area contributed by atoms with E-state index in [1.54, 1.807) is 0 Å². The fraction of sp³-hybridized carbons (Fsp3) is 0.417. The summed E-state index contributed by atoms with van der Waals surface area (Å²) in [6, 6.07) is 8.58. The van der Waals surface area contributed by atoms with Gasteiger partial charge in [-0.2, -0.15) is 0 Å². The molecule has 1 atom stereocenters. The second-order valence-corrected chi connectivity index (χ2v) is 4.05. The van der Waals surface area contributed by atoms with Crippen molar-refractivity contribution >= 4 is 17.0 Å². The van der Waals surface area contributed by atoms with Crippen LogP contribution in [0.15, 0.2) is 24.3 Å². The number of para-hydroxylation sites is 2. The van der Waals surface area contributed by atoms with Gasteiger partial charge in [-0.3, -0.25) is 0 Å². The van der Waals surface area contributed by atoms with Crippen molar-refractivity contribution in [3.05, 3.63) is 24.3 Å². The lowest BCUT2D eigenvalue weighted by atomic mass is 10.3. The van der Waals surface area contributed by atoms with Crippen molar-refractivity contribution in [3.63, 3.8) is 0 Å². The first-order chi connectivity index (χ1) is 7.72. The van der Waals surface area contributed by atoms with Crippen LogP contribution in [0.25, 0.3) is 11.0 Å². The second kappa shape index (κ2) is 4.53. The number of anilines is 1. The average molecular weight is 218 g/mol. The van der Waals surface area contributed by atoms with Crippen LogP contribution in [0.3, 0.4) is 0 Å². The molecule has 0 saturated carbocycles. The zero-order chi connectivity index (χ0) is 11.5. The summed E-state index contributed by atoms with van der Waals surface area (Å²) in [5.74, 6) is 0.920. The summed E-state index contributed by atoms with van der Waals surface area (Å²) in [5, 5.41) is 6.53. The van der Waals surface area contributed by atoms with E-state index in [9.17, 15) is 0 Å². The highest BCUT2D eigenvalue weighted by molar-refractivity contribution is 5.78. The van der Waals surface area contributed by atoms with Crippen LogP contribution in [0.5, 0.6) is 0 Å². The van der Waals surface area contributed by atoms with Crippen LogP contribution in [0, 0.1) is 0 Å². The van der Waals surface area contributed by atoms with Crippen LogP contribution in [0.4, 0.5) is 5.95 Å². The number of nitrogens with one attached hydrogen (secondary N) is 2. The summed E-state index contributed by atoms with van der Waals surface area (Å²) < 4.78 is 2.08. The quantitative estimate of drug-likeness (QED) is 0.819. The fourth-order valence-electron chi connectivity index (χ4n) is 1.65. The largest absolute Gasteiger partial charge is 0.354 e. The topological polar surface area (TPSA) is 41.9 Å². The minimum atomic E-state index is 0.430. The van der Waals surface area contributed by atoms with Crippen LogP contribution in [0.1, 0.15) is 6.92 Å². The second-order valence-electron chi connectivity index (χ2n) is 4.05. The summed E-state index contributed by atoms with van der Waals surface area (Å²) in [6.45, 7) is 3.00. The van der Waals surface area contributed by atoms with Gasteiger partial charge in [0.1, 0.15) is 0 Å². The van der Waals surface area contributed by atoms with Gasteiger partial charge in [0.15, 0.2) is 0 Å². The summed E-state index contributed by atoms with van der Waals surface area (Å²) in [5.41, 5.74) is 2.19. The molecule has 0 bridgehead atoms. The molecule has 0 radical (unpaired) electrons. The Morgan fingerprint density at radius 2 is 2.12 bits per heavy atom. The van der Waals surface area contributed by atoms with Gasteiger partial charge in [-0.25, -0.2) is 4.98 Å². The molecule has 1 aromatic heterocycles. The van der Waals surface area contributed by atoms with E-state index in [-0.39, 0.29) is 0 Å². The van der Waals surface area contributed by atoms with Crippen molar-refractivity contribution in [1.29, 1.82) is 0 Å². The monoisotopic (exact) mass is 218 g/mol. The summed E-state index contributed by atoms with van der Waals surface area (Å²) >= 11 is 0. The van der Waals surface area contributed by atoms with Crippen molar-refractivity contribution in [3.8, 4) is 0 Å². The lowest BCUT2D eigenvalue weighted by Gasteiger charge is -2.11. The van der Waals surface area contributed by atoms with Crippen LogP contribution in [-0.2, 0) is 7.05 Å². The number of imidazole rings is 1. The Bertz CT molecular complexity index is 475. The molecule has 0 aliphatic carbocycles. The Labute approximate surface area is 95.7 Å². The number of hydrogen-bond donors (Lipinski definition) is 2. The van der Waals surface area contributed by atoms with E-state index in [2.05, 4.69) is 33.2 Å². The van der Waals surface area contributed by atoms with Gasteiger partial charge in [0, 0.05) is 19.6 Å². The smallest absolute Gasteiger partial charge is 0.203 e. The number of nitrogens with zero attached hydrogens (tertiary/aromatic N) is 2. The van der Waals surface area contributed by atoms with E-state index >= 15 is 0 Å². The van der Waals surface area contributed by atoms with E-state index in [1.165, 1.54) is 0 Å². The van der Waals surface area contributed by atoms with Crippen LogP contribution >= 0.6 is 0 Å². The Hall–Kier alpha value is -1.55. The van der Waals surface area contributed by atoms with E-state index in [0.717, 1.165) is 23.5 Å². The van der Waals surface area contributed by atoms with Gasteiger partial charge in [0.2, 0.25) is 5.95 Å². The minimum Gasteiger partial charge on any atom is -0.354 e. The molecule has 2 rings (SSSR count). The summed E-state index contributed by atoms with van der Waals surface area (Å²) in [7, 11) is 3.99. The third-order valence-electron chi connectivity index (χ3n) is 2.85. The number of aryl methyl sites for hydroxylation is 1. The Kier molecular flexibility index (Phi) is 3.10. The van der Waals surface area contributed by atoms with Gasteiger partial charge in [-0.05, 0) is 26.1 Å². The Morgan fingerprint density at radius 1 is 1.38 bits per heavy atom. The lowest BCUT2D eigenvalue weighted by molar-refractivity contribution is 0.634. The molecule has 0 saturated heterocycles. The molecule has 1 unspecified atom stereocenters. The molecule has 2 aromatic rings. The maximum atomic E-state index is 4.54. The Morgan fingerprint density at radius 3 is 2.81 bits per heavy atom. The molecule has 0 amide bonds. The molecule has 0 fully saturated rings. The zero-order valence-corrected chi connectivity index (χ0v) is 9.99. The van der Waals surface area contributed by atoms with Gasteiger partial charge in [-0.15, -0.1) is 0 Å². The predicted octanol–water partition coefficient (Wildman–Crippen LogP) is 1.59. The molecule has 0 aliphatic heterocycles. The SMILES string of the molecule is CNC(C)CNc1nc2ccccc2n1C. The zero-order valence-electron chi connectivity index (χ0n) is 9.99. The number of rotatable bonds is 4. The number of benzene rings is 1. The molecular weight excluding hydrogens is 200 g/mol. The standard InChI is InChI=1S/C12H18N4/c1-9(13-2)8-14-12-15-10-6-4-5-7-11(10)16(12)3/h4-7,9,13H,8H2,1-3H3,(H,14,15). The first kappa shape index (κ1) is 11.0. The van der Waals surface area contributed by atoms with Gasteiger partial charge < -0.3 is 15.2 Å². The number of fused-ring (bicyclic) bond motifs is 1. The number of aromatic nitrogens is 2. The van der Waals surface area contributed by atoms with Gasteiger partial charge >= 0.3 is 0 Å². The van der Waals surface area contributed by atoms with Gasteiger partial charge in [0.05, 0.1) is 11.0 Å². The first-order valence-electron chi connectivity index (χ1n) is 5.55. The van der Waals surface area contributed by atoms with Crippen molar-refractivity contribution < 1.29 is 0 Å². The predicted molar refractivity (Wildman–Crippen MR) is 67.7 cm³/mol. The van der Waals surface area contributed by atoms with Crippen LogP contribution in [0.2, 0.25) is 0 Å². The normalized spacial score (nSPS) is 12.9. The first-order valence-corrected chi connectivity index (χ1v) is 5.55. The number of hydrogen-bond acceptors (Lipinski definition) is 3. The minimum absolute atomic E-state index is 0.430. The molecule has 0 spiro atoms. The maximum absolute atomic E-state index is 4.54. The van der Waals surface area contributed by atoms with E-state index in [4.69, 9.17) is 0 Å². The highest BCUT2D eigenvalue weighted by Crippen LogP contribution is 2.17. The third kappa shape index (κ3) is 2.02. The summed E-state index contributed by atoms with van der Waals surface area (Å²) in [4.78, 5) is 4.54. The molecule has 0 aliphatic rings.